The van der Waals surface area contributed by atoms with Gasteiger partial charge in [0.1, 0.15) is 17.3 Å². The second-order valence-corrected chi connectivity index (χ2v) is 7.87. The number of likely N-dealkylation sites (N-methyl/N-ethyl adjacent to an activating group) is 1. The summed E-state index contributed by atoms with van der Waals surface area (Å²) in [5.74, 6) is -1.24. The van der Waals surface area contributed by atoms with Crippen molar-refractivity contribution in [2.24, 2.45) is 0 Å². The summed E-state index contributed by atoms with van der Waals surface area (Å²) in [6, 6.07) is 10.1. The first-order chi connectivity index (χ1) is 14.7. The van der Waals surface area contributed by atoms with Crippen molar-refractivity contribution in [1.82, 2.24) is 9.80 Å². The number of aromatic hydroxyl groups is 1. The van der Waals surface area contributed by atoms with Crippen LogP contribution in [0.15, 0.2) is 48.0 Å². The van der Waals surface area contributed by atoms with Crippen LogP contribution in [0.1, 0.15) is 24.1 Å². The molecule has 1 heterocycles. The first-order valence-electron chi connectivity index (χ1n) is 9.89. The van der Waals surface area contributed by atoms with Crippen LogP contribution in [0.3, 0.4) is 0 Å². The highest BCUT2D eigenvalue weighted by Gasteiger charge is 2.45. The lowest BCUT2D eigenvalue weighted by Crippen LogP contribution is -2.35. The van der Waals surface area contributed by atoms with Gasteiger partial charge in [0.2, 0.25) is 0 Å². The number of phenolic OH excluding ortho intramolecular Hbond substituents is 1. The molecule has 0 saturated carbocycles. The van der Waals surface area contributed by atoms with Crippen LogP contribution in [-0.2, 0) is 9.59 Å². The van der Waals surface area contributed by atoms with Crippen LogP contribution in [0.2, 0.25) is 5.02 Å². The van der Waals surface area contributed by atoms with Gasteiger partial charge in [0.15, 0.2) is 0 Å². The maximum Gasteiger partial charge on any atom is 0.295 e. The molecule has 0 aromatic heterocycles. The Hall–Kier alpha value is -3.03. The number of nitrogens with zero attached hydrogens (tertiary/aromatic N) is 2. The second kappa shape index (κ2) is 9.41. The van der Waals surface area contributed by atoms with Gasteiger partial charge in [0.05, 0.1) is 23.2 Å². The van der Waals surface area contributed by atoms with E-state index in [0.29, 0.717) is 36.6 Å². The van der Waals surface area contributed by atoms with Crippen LogP contribution in [0.4, 0.5) is 0 Å². The Morgan fingerprint density at radius 1 is 1.16 bits per heavy atom. The van der Waals surface area contributed by atoms with Gasteiger partial charge in [-0.15, -0.1) is 0 Å². The molecule has 1 aliphatic heterocycles. The van der Waals surface area contributed by atoms with Crippen molar-refractivity contribution >= 4 is 29.1 Å². The predicted molar refractivity (Wildman–Crippen MR) is 118 cm³/mol. The topological polar surface area (TPSA) is 90.3 Å². The van der Waals surface area contributed by atoms with Crippen molar-refractivity contribution in [3.8, 4) is 11.5 Å². The van der Waals surface area contributed by atoms with Crippen molar-refractivity contribution in [2.75, 3.05) is 33.8 Å². The molecule has 2 N–H and O–H groups in total. The van der Waals surface area contributed by atoms with Crippen molar-refractivity contribution in [1.29, 1.82) is 0 Å². The molecule has 0 spiro atoms. The lowest BCUT2D eigenvalue weighted by molar-refractivity contribution is -0.140. The number of hydrogen-bond donors (Lipinski definition) is 2. The highest BCUT2D eigenvalue weighted by molar-refractivity contribution is 6.46. The van der Waals surface area contributed by atoms with E-state index in [0.717, 1.165) is 0 Å². The van der Waals surface area contributed by atoms with Crippen molar-refractivity contribution in [2.45, 2.75) is 13.0 Å². The molecule has 7 nitrogen and oxygen atoms in total. The predicted octanol–water partition coefficient (Wildman–Crippen LogP) is 3.43. The molecule has 1 amide bonds. The first kappa shape index (κ1) is 22.7. The summed E-state index contributed by atoms with van der Waals surface area (Å²) in [5.41, 5.74) is 0.895. The fraction of sp³-hybridized carbons (Fsp3) is 0.304. The van der Waals surface area contributed by atoms with E-state index in [1.165, 1.54) is 23.1 Å². The van der Waals surface area contributed by atoms with E-state index in [1.807, 2.05) is 25.9 Å². The van der Waals surface area contributed by atoms with Crippen LogP contribution in [0, 0.1) is 0 Å². The number of rotatable bonds is 7. The molecule has 31 heavy (non-hydrogen) atoms. The molecular formula is C23H25ClN2O5. The minimum absolute atomic E-state index is 0.0188. The molecule has 1 saturated heterocycles. The van der Waals surface area contributed by atoms with Crippen LogP contribution in [0.5, 0.6) is 11.5 Å². The summed E-state index contributed by atoms with van der Waals surface area (Å²) in [6.45, 7) is 3.10. The maximum atomic E-state index is 13.0. The number of likely N-dealkylation sites (tertiary alicyclic amines) is 1. The van der Waals surface area contributed by atoms with E-state index in [1.54, 1.807) is 24.3 Å². The fourth-order valence-corrected chi connectivity index (χ4v) is 3.73. The molecule has 1 unspecified atom stereocenters. The molecule has 1 atom stereocenters. The van der Waals surface area contributed by atoms with Crippen LogP contribution < -0.4 is 4.74 Å². The van der Waals surface area contributed by atoms with Crippen LogP contribution in [0.25, 0.3) is 5.76 Å². The van der Waals surface area contributed by atoms with E-state index in [2.05, 4.69) is 0 Å². The lowest BCUT2D eigenvalue weighted by Gasteiger charge is -2.26. The number of halogens is 1. The molecule has 1 fully saturated rings. The molecule has 0 bridgehead atoms. The lowest BCUT2D eigenvalue weighted by atomic mass is 9.95. The van der Waals surface area contributed by atoms with Crippen LogP contribution in [-0.4, -0.2) is 65.5 Å². The van der Waals surface area contributed by atoms with Crippen molar-refractivity contribution < 1.29 is 24.5 Å². The molecule has 1 aliphatic rings. The van der Waals surface area contributed by atoms with Gasteiger partial charge in [-0.1, -0.05) is 23.7 Å². The number of carbonyl (C=O) groups excluding carboxylic acids is 2. The molecule has 8 heteroatoms. The molecule has 2 aromatic rings. The molecule has 0 radical (unpaired) electrons. The number of ketones is 1. The van der Waals surface area contributed by atoms with Gasteiger partial charge in [-0.2, -0.15) is 0 Å². The normalized spacial score (nSPS) is 18.1. The largest absolute Gasteiger partial charge is 0.508 e. The number of benzene rings is 2. The summed E-state index contributed by atoms with van der Waals surface area (Å²) in [7, 11) is 3.74. The third kappa shape index (κ3) is 4.68. The molecular weight excluding hydrogens is 420 g/mol. The Kier molecular flexibility index (Phi) is 6.87. The number of amides is 1. The minimum Gasteiger partial charge on any atom is -0.508 e. The fourth-order valence-electron chi connectivity index (χ4n) is 3.50. The SMILES string of the molecule is CCOc1ccc(/C(O)=C2/C(=O)C(=O)N(CCN(C)C)C2c2ccc(O)cc2)cc1Cl. The highest BCUT2D eigenvalue weighted by atomic mass is 35.5. The number of aliphatic hydroxyl groups is 1. The van der Waals surface area contributed by atoms with Gasteiger partial charge in [-0.05, 0) is 56.9 Å². The zero-order valence-corrected chi connectivity index (χ0v) is 18.4. The number of carbonyl (C=O) groups is 2. The smallest absolute Gasteiger partial charge is 0.295 e. The number of hydrogen-bond acceptors (Lipinski definition) is 6. The van der Waals surface area contributed by atoms with E-state index in [4.69, 9.17) is 16.3 Å². The average molecular weight is 445 g/mol. The zero-order valence-electron chi connectivity index (χ0n) is 17.6. The van der Waals surface area contributed by atoms with E-state index < -0.39 is 17.7 Å². The van der Waals surface area contributed by atoms with E-state index in [-0.39, 0.29) is 22.1 Å². The zero-order chi connectivity index (χ0) is 22.7. The Labute approximate surface area is 186 Å². The highest BCUT2D eigenvalue weighted by Crippen LogP contribution is 2.40. The third-order valence-corrected chi connectivity index (χ3v) is 5.34. The monoisotopic (exact) mass is 444 g/mol. The van der Waals surface area contributed by atoms with Gasteiger partial charge < -0.3 is 24.7 Å². The quantitative estimate of drug-likeness (QED) is 0.386. The minimum atomic E-state index is -0.786. The summed E-state index contributed by atoms with van der Waals surface area (Å²) in [5, 5.41) is 21.0. The van der Waals surface area contributed by atoms with Crippen molar-refractivity contribution in [3.63, 3.8) is 0 Å². The van der Waals surface area contributed by atoms with Crippen molar-refractivity contribution in [3.05, 3.63) is 64.2 Å². The number of ether oxygens (including phenoxy) is 1. The Morgan fingerprint density at radius 3 is 2.42 bits per heavy atom. The van der Waals surface area contributed by atoms with Gasteiger partial charge in [0, 0.05) is 18.7 Å². The summed E-state index contributed by atoms with van der Waals surface area (Å²) in [4.78, 5) is 29.1. The summed E-state index contributed by atoms with van der Waals surface area (Å²) < 4.78 is 5.42. The summed E-state index contributed by atoms with van der Waals surface area (Å²) >= 11 is 6.25. The maximum absolute atomic E-state index is 13.0. The van der Waals surface area contributed by atoms with Crippen LogP contribution >= 0.6 is 11.6 Å². The summed E-state index contributed by atoms with van der Waals surface area (Å²) in [6.07, 6.45) is 0. The van der Waals surface area contributed by atoms with E-state index >= 15 is 0 Å². The molecule has 3 rings (SSSR count). The number of aliphatic hydroxyl groups excluding tert-OH is 1. The number of Topliss-reactive ketones (excluding diaryl/α,β-unsaturated/α-hetero) is 1. The van der Waals surface area contributed by atoms with Gasteiger partial charge in [-0.3, -0.25) is 9.59 Å². The van der Waals surface area contributed by atoms with Gasteiger partial charge in [0.25, 0.3) is 11.7 Å². The Morgan fingerprint density at radius 2 is 1.84 bits per heavy atom. The molecule has 164 valence electrons. The Bertz CT molecular complexity index is 1020. The number of phenols is 1. The third-order valence-electron chi connectivity index (χ3n) is 5.04. The first-order valence-corrected chi connectivity index (χ1v) is 10.3. The second-order valence-electron chi connectivity index (χ2n) is 7.47. The van der Waals surface area contributed by atoms with Gasteiger partial charge in [-0.25, -0.2) is 0 Å². The van der Waals surface area contributed by atoms with Gasteiger partial charge >= 0.3 is 0 Å². The standard InChI is InChI=1S/C23H25ClN2O5/c1-4-31-18-10-7-15(13-17(18)24)21(28)19-20(14-5-8-16(27)9-6-14)26(12-11-25(2)3)23(30)22(19)29/h5-10,13,20,27-28H,4,11-12H2,1-3H3/b21-19-. The Balaban J connectivity index is 2.12. The molecule has 0 aliphatic carbocycles. The average Bonchev–Trinajstić information content (AvgIpc) is 2.98. The van der Waals surface area contributed by atoms with E-state index in [9.17, 15) is 19.8 Å². The molecule has 2 aromatic carbocycles.